The second kappa shape index (κ2) is 8.03. The molecule has 1 heterocycles. The molecule has 2 aromatic carbocycles. The molecule has 2 aromatic rings. The standard InChI is InChI=1S/C20H24N2O3/c1-24-18-9-5-3-7-16(18)15-21-11-13-22(14-12-21)20(23)17-8-4-6-10-19(17)25-2/h3-10H,11-15H2,1-2H3. The number of hydrogen-bond acceptors (Lipinski definition) is 4. The quantitative estimate of drug-likeness (QED) is 0.839. The van der Waals surface area contributed by atoms with E-state index in [9.17, 15) is 4.79 Å². The molecule has 1 aliphatic heterocycles. The van der Waals surface area contributed by atoms with E-state index in [0.29, 0.717) is 24.4 Å². The van der Waals surface area contributed by atoms with Gasteiger partial charge in [0, 0.05) is 38.3 Å². The van der Waals surface area contributed by atoms with Crippen LogP contribution in [0.3, 0.4) is 0 Å². The summed E-state index contributed by atoms with van der Waals surface area (Å²) in [6, 6.07) is 15.5. The first-order valence-corrected chi connectivity index (χ1v) is 8.49. The molecular formula is C20H24N2O3. The summed E-state index contributed by atoms with van der Waals surface area (Å²) in [4.78, 5) is 17.0. The third kappa shape index (κ3) is 3.94. The van der Waals surface area contributed by atoms with E-state index in [4.69, 9.17) is 9.47 Å². The van der Waals surface area contributed by atoms with Crippen LogP contribution >= 0.6 is 0 Å². The van der Waals surface area contributed by atoms with Gasteiger partial charge in [0.15, 0.2) is 0 Å². The number of piperazine rings is 1. The van der Waals surface area contributed by atoms with Crippen molar-refractivity contribution < 1.29 is 14.3 Å². The topological polar surface area (TPSA) is 42.0 Å². The molecule has 0 radical (unpaired) electrons. The Morgan fingerprint density at radius 3 is 2.16 bits per heavy atom. The van der Waals surface area contributed by atoms with Crippen molar-refractivity contribution in [3.63, 3.8) is 0 Å². The van der Waals surface area contributed by atoms with Crippen LogP contribution in [0.15, 0.2) is 48.5 Å². The Morgan fingerprint density at radius 1 is 0.880 bits per heavy atom. The molecule has 5 nitrogen and oxygen atoms in total. The van der Waals surface area contributed by atoms with Gasteiger partial charge in [0.1, 0.15) is 11.5 Å². The molecule has 1 amide bonds. The van der Waals surface area contributed by atoms with Gasteiger partial charge in [0.25, 0.3) is 5.91 Å². The first-order chi connectivity index (χ1) is 12.2. The molecule has 5 heteroatoms. The molecule has 0 bridgehead atoms. The van der Waals surface area contributed by atoms with E-state index in [1.807, 2.05) is 47.4 Å². The Kier molecular flexibility index (Phi) is 5.56. The van der Waals surface area contributed by atoms with Gasteiger partial charge in [-0.2, -0.15) is 0 Å². The smallest absolute Gasteiger partial charge is 0.257 e. The van der Waals surface area contributed by atoms with Crippen LogP contribution in [0.5, 0.6) is 11.5 Å². The fourth-order valence-electron chi connectivity index (χ4n) is 3.18. The molecule has 0 atom stereocenters. The number of amides is 1. The van der Waals surface area contributed by atoms with Crippen molar-refractivity contribution in [2.45, 2.75) is 6.54 Å². The van der Waals surface area contributed by atoms with E-state index in [-0.39, 0.29) is 5.91 Å². The normalized spacial score (nSPS) is 15.0. The average Bonchev–Trinajstić information content (AvgIpc) is 2.68. The first kappa shape index (κ1) is 17.3. The lowest BCUT2D eigenvalue weighted by atomic mass is 10.1. The maximum absolute atomic E-state index is 12.8. The molecule has 1 fully saturated rings. The van der Waals surface area contributed by atoms with Crippen molar-refractivity contribution >= 4 is 5.91 Å². The van der Waals surface area contributed by atoms with Gasteiger partial charge in [0.2, 0.25) is 0 Å². The molecule has 0 N–H and O–H groups in total. The summed E-state index contributed by atoms with van der Waals surface area (Å²) < 4.78 is 10.7. The average molecular weight is 340 g/mol. The minimum absolute atomic E-state index is 0.0365. The number of ether oxygens (including phenoxy) is 2. The number of benzene rings is 2. The van der Waals surface area contributed by atoms with Crippen LogP contribution in [-0.2, 0) is 6.54 Å². The van der Waals surface area contributed by atoms with E-state index in [1.165, 1.54) is 5.56 Å². The molecule has 132 valence electrons. The maximum Gasteiger partial charge on any atom is 0.257 e. The Bertz CT molecular complexity index is 724. The number of rotatable bonds is 5. The fourth-order valence-corrected chi connectivity index (χ4v) is 3.18. The zero-order chi connectivity index (χ0) is 17.6. The lowest BCUT2D eigenvalue weighted by Gasteiger charge is -2.35. The van der Waals surface area contributed by atoms with Gasteiger partial charge >= 0.3 is 0 Å². The molecule has 0 aromatic heterocycles. The van der Waals surface area contributed by atoms with Gasteiger partial charge in [-0.1, -0.05) is 30.3 Å². The number of hydrogen-bond donors (Lipinski definition) is 0. The minimum Gasteiger partial charge on any atom is -0.496 e. The van der Waals surface area contributed by atoms with E-state index in [0.717, 1.165) is 25.4 Å². The third-order valence-corrected chi connectivity index (χ3v) is 4.58. The zero-order valence-electron chi connectivity index (χ0n) is 14.8. The summed E-state index contributed by atoms with van der Waals surface area (Å²) in [6.07, 6.45) is 0. The number of carbonyl (C=O) groups excluding carboxylic acids is 1. The largest absolute Gasteiger partial charge is 0.496 e. The van der Waals surface area contributed by atoms with Gasteiger partial charge in [-0.25, -0.2) is 0 Å². The van der Waals surface area contributed by atoms with E-state index < -0.39 is 0 Å². The predicted octanol–water partition coefficient (Wildman–Crippen LogP) is 2.66. The molecule has 25 heavy (non-hydrogen) atoms. The van der Waals surface area contributed by atoms with Crippen LogP contribution in [0.1, 0.15) is 15.9 Å². The van der Waals surface area contributed by atoms with Crippen molar-refractivity contribution in [1.82, 2.24) is 9.80 Å². The summed E-state index contributed by atoms with van der Waals surface area (Å²) in [5.41, 5.74) is 1.80. The zero-order valence-corrected chi connectivity index (χ0v) is 14.8. The van der Waals surface area contributed by atoms with Crippen LogP contribution in [-0.4, -0.2) is 56.1 Å². The summed E-state index contributed by atoms with van der Waals surface area (Å²) in [6.45, 7) is 3.95. The molecule has 0 saturated carbocycles. The highest BCUT2D eigenvalue weighted by Crippen LogP contribution is 2.22. The predicted molar refractivity (Wildman–Crippen MR) is 97.2 cm³/mol. The lowest BCUT2D eigenvalue weighted by molar-refractivity contribution is 0.0624. The Labute approximate surface area is 148 Å². The highest BCUT2D eigenvalue weighted by Gasteiger charge is 2.24. The van der Waals surface area contributed by atoms with Crippen LogP contribution in [0.25, 0.3) is 0 Å². The van der Waals surface area contributed by atoms with Crippen LogP contribution < -0.4 is 9.47 Å². The van der Waals surface area contributed by atoms with Gasteiger partial charge in [-0.3, -0.25) is 9.69 Å². The summed E-state index contributed by atoms with van der Waals surface area (Å²) in [5, 5.41) is 0. The molecule has 0 unspecified atom stereocenters. The van der Waals surface area contributed by atoms with Gasteiger partial charge in [-0.15, -0.1) is 0 Å². The number of methoxy groups -OCH3 is 2. The van der Waals surface area contributed by atoms with Crippen LogP contribution in [0.4, 0.5) is 0 Å². The summed E-state index contributed by atoms with van der Waals surface area (Å²) >= 11 is 0. The second-order valence-electron chi connectivity index (χ2n) is 6.08. The van der Waals surface area contributed by atoms with Gasteiger partial charge in [-0.05, 0) is 18.2 Å². The Balaban J connectivity index is 1.61. The van der Waals surface area contributed by atoms with Crippen molar-refractivity contribution in [1.29, 1.82) is 0 Å². The Morgan fingerprint density at radius 2 is 1.48 bits per heavy atom. The fraction of sp³-hybridized carbons (Fsp3) is 0.350. The highest BCUT2D eigenvalue weighted by molar-refractivity contribution is 5.97. The number of nitrogens with zero attached hydrogens (tertiary/aromatic N) is 2. The number of para-hydroxylation sites is 2. The minimum atomic E-state index is 0.0365. The first-order valence-electron chi connectivity index (χ1n) is 8.49. The maximum atomic E-state index is 12.8. The summed E-state index contributed by atoms with van der Waals surface area (Å²) in [5.74, 6) is 1.58. The van der Waals surface area contributed by atoms with Crippen molar-refractivity contribution in [3.05, 3.63) is 59.7 Å². The number of carbonyl (C=O) groups is 1. The van der Waals surface area contributed by atoms with E-state index >= 15 is 0 Å². The highest BCUT2D eigenvalue weighted by atomic mass is 16.5. The van der Waals surface area contributed by atoms with Crippen LogP contribution in [0, 0.1) is 0 Å². The van der Waals surface area contributed by atoms with Gasteiger partial charge < -0.3 is 14.4 Å². The molecule has 1 saturated heterocycles. The molecular weight excluding hydrogens is 316 g/mol. The monoisotopic (exact) mass is 340 g/mol. The SMILES string of the molecule is COc1ccccc1CN1CCN(C(=O)c2ccccc2OC)CC1. The van der Waals surface area contributed by atoms with Crippen molar-refractivity contribution in [3.8, 4) is 11.5 Å². The molecule has 1 aliphatic rings. The summed E-state index contributed by atoms with van der Waals surface area (Å²) in [7, 11) is 3.29. The van der Waals surface area contributed by atoms with Crippen molar-refractivity contribution in [2.24, 2.45) is 0 Å². The molecule has 3 rings (SSSR count). The molecule has 0 spiro atoms. The lowest BCUT2D eigenvalue weighted by Crippen LogP contribution is -2.48. The Hall–Kier alpha value is -2.53. The van der Waals surface area contributed by atoms with E-state index in [1.54, 1.807) is 14.2 Å². The van der Waals surface area contributed by atoms with Gasteiger partial charge in [0.05, 0.1) is 19.8 Å². The third-order valence-electron chi connectivity index (χ3n) is 4.58. The molecule has 0 aliphatic carbocycles. The van der Waals surface area contributed by atoms with Crippen LogP contribution in [0.2, 0.25) is 0 Å². The van der Waals surface area contributed by atoms with E-state index in [2.05, 4.69) is 11.0 Å². The van der Waals surface area contributed by atoms with Crippen molar-refractivity contribution in [2.75, 3.05) is 40.4 Å². The second-order valence-corrected chi connectivity index (χ2v) is 6.08.